The van der Waals surface area contributed by atoms with Crippen molar-refractivity contribution in [3.63, 3.8) is 0 Å². The van der Waals surface area contributed by atoms with Gasteiger partial charge in [0.05, 0.1) is 11.4 Å². The molecule has 0 unspecified atom stereocenters. The third-order valence-electron chi connectivity index (χ3n) is 3.60. The first-order chi connectivity index (χ1) is 12.5. The van der Waals surface area contributed by atoms with Crippen molar-refractivity contribution in [2.75, 3.05) is 12.8 Å². The lowest BCUT2D eigenvalue weighted by Crippen LogP contribution is -2.27. The molecule has 3 rings (SSSR count). The second-order valence-corrected chi connectivity index (χ2v) is 6.89. The van der Waals surface area contributed by atoms with Gasteiger partial charge in [0.15, 0.2) is 0 Å². The molecule has 1 amide bonds. The number of amides is 1. The van der Waals surface area contributed by atoms with Crippen molar-refractivity contribution in [3.8, 4) is 5.69 Å². The van der Waals surface area contributed by atoms with Crippen molar-refractivity contribution >= 4 is 29.3 Å². The molecule has 2 aromatic carbocycles. The van der Waals surface area contributed by atoms with Crippen LogP contribution in [0.3, 0.4) is 0 Å². The maximum atomic E-state index is 12.9. The Kier molecular flexibility index (Phi) is 5.85. The molecule has 26 heavy (non-hydrogen) atoms. The molecule has 0 fully saturated rings. The van der Waals surface area contributed by atoms with E-state index in [0.29, 0.717) is 16.7 Å². The fourth-order valence-corrected chi connectivity index (χ4v) is 3.16. The summed E-state index contributed by atoms with van der Waals surface area (Å²) in [6.07, 6.45) is 0. The number of tetrazole rings is 1. The summed E-state index contributed by atoms with van der Waals surface area (Å²) in [7, 11) is 1.70. The predicted octanol–water partition coefficient (Wildman–Crippen LogP) is 3.21. The molecule has 0 aliphatic rings. The fraction of sp³-hybridized carbons (Fsp3) is 0.176. The van der Waals surface area contributed by atoms with Gasteiger partial charge in [-0.05, 0) is 52.4 Å². The van der Waals surface area contributed by atoms with Crippen LogP contribution in [0.25, 0.3) is 5.69 Å². The number of carbonyl (C=O) groups is 1. The highest BCUT2D eigenvalue weighted by molar-refractivity contribution is 7.99. The number of hydrogen-bond acceptors (Lipinski definition) is 5. The molecule has 1 heterocycles. The van der Waals surface area contributed by atoms with Gasteiger partial charge in [-0.25, -0.2) is 4.39 Å². The minimum atomic E-state index is -0.299. The smallest absolute Gasteiger partial charge is 0.233 e. The van der Waals surface area contributed by atoms with Crippen molar-refractivity contribution in [2.24, 2.45) is 0 Å². The number of hydrogen-bond donors (Lipinski definition) is 0. The number of carbonyl (C=O) groups excluding carboxylic acids is 1. The lowest BCUT2D eigenvalue weighted by atomic mass is 10.2. The van der Waals surface area contributed by atoms with Gasteiger partial charge in [-0.15, -0.1) is 5.10 Å². The van der Waals surface area contributed by atoms with Crippen molar-refractivity contribution in [1.82, 2.24) is 25.1 Å². The summed E-state index contributed by atoms with van der Waals surface area (Å²) >= 11 is 7.13. The predicted molar refractivity (Wildman–Crippen MR) is 97.8 cm³/mol. The third-order valence-corrected chi connectivity index (χ3v) is 4.75. The average molecular weight is 392 g/mol. The van der Waals surface area contributed by atoms with Crippen LogP contribution in [0.5, 0.6) is 0 Å². The lowest BCUT2D eigenvalue weighted by molar-refractivity contribution is -0.127. The Morgan fingerprint density at radius 3 is 2.58 bits per heavy atom. The van der Waals surface area contributed by atoms with E-state index < -0.39 is 0 Å². The zero-order valence-corrected chi connectivity index (χ0v) is 15.4. The van der Waals surface area contributed by atoms with Crippen LogP contribution in [0.2, 0.25) is 5.02 Å². The summed E-state index contributed by atoms with van der Waals surface area (Å²) in [5, 5.41) is 12.7. The zero-order valence-electron chi connectivity index (χ0n) is 13.8. The van der Waals surface area contributed by atoms with Crippen molar-refractivity contribution in [2.45, 2.75) is 11.7 Å². The highest BCUT2D eigenvalue weighted by atomic mass is 35.5. The van der Waals surface area contributed by atoms with Crippen molar-refractivity contribution < 1.29 is 9.18 Å². The van der Waals surface area contributed by atoms with E-state index in [1.807, 2.05) is 0 Å². The molecule has 1 aromatic heterocycles. The highest BCUT2D eigenvalue weighted by Gasteiger charge is 2.14. The van der Waals surface area contributed by atoms with Crippen LogP contribution in [0.1, 0.15) is 5.56 Å². The Hall–Kier alpha value is -2.45. The largest absolute Gasteiger partial charge is 0.341 e. The lowest BCUT2D eigenvalue weighted by Gasteiger charge is -2.17. The second-order valence-electron chi connectivity index (χ2n) is 5.51. The van der Waals surface area contributed by atoms with Gasteiger partial charge in [-0.2, -0.15) is 4.68 Å². The molecule has 0 aliphatic heterocycles. The number of aromatic nitrogens is 4. The van der Waals surface area contributed by atoms with Crippen LogP contribution in [0.15, 0.2) is 53.7 Å². The molecule has 9 heteroatoms. The van der Waals surface area contributed by atoms with Gasteiger partial charge in [0.25, 0.3) is 0 Å². The van der Waals surface area contributed by atoms with Crippen LogP contribution in [-0.2, 0) is 11.3 Å². The van der Waals surface area contributed by atoms with E-state index in [1.165, 1.54) is 23.9 Å². The summed E-state index contributed by atoms with van der Waals surface area (Å²) in [6, 6.07) is 13.2. The Balaban J connectivity index is 1.60. The Labute approximate surface area is 159 Å². The number of nitrogens with zero attached hydrogens (tertiary/aromatic N) is 5. The van der Waals surface area contributed by atoms with E-state index in [2.05, 4.69) is 15.5 Å². The summed E-state index contributed by atoms with van der Waals surface area (Å²) in [4.78, 5) is 13.9. The first-order valence-electron chi connectivity index (χ1n) is 7.68. The minimum Gasteiger partial charge on any atom is -0.341 e. The molecule has 0 saturated heterocycles. The second kappa shape index (κ2) is 8.29. The van der Waals surface area contributed by atoms with Crippen LogP contribution in [0.4, 0.5) is 4.39 Å². The molecule has 6 nitrogen and oxygen atoms in total. The molecule has 0 radical (unpaired) electrons. The number of rotatable bonds is 6. The number of benzene rings is 2. The summed E-state index contributed by atoms with van der Waals surface area (Å²) in [5.41, 5.74) is 1.62. The van der Waals surface area contributed by atoms with Gasteiger partial charge < -0.3 is 4.90 Å². The quantitative estimate of drug-likeness (QED) is 0.604. The zero-order chi connectivity index (χ0) is 18.5. The highest BCUT2D eigenvalue weighted by Crippen LogP contribution is 2.20. The van der Waals surface area contributed by atoms with Crippen molar-refractivity contribution in [1.29, 1.82) is 0 Å². The third kappa shape index (κ3) is 4.59. The molecule has 0 atom stereocenters. The van der Waals surface area contributed by atoms with Crippen molar-refractivity contribution in [3.05, 3.63) is 64.9 Å². The minimum absolute atomic E-state index is 0.0787. The average Bonchev–Trinajstić information content (AvgIpc) is 3.10. The van der Waals surface area contributed by atoms with Gasteiger partial charge in [0, 0.05) is 18.6 Å². The molecule has 134 valence electrons. The van der Waals surface area contributed by atoms with E-state index in [9.17, 15) is 9.18 Å². The van der Waals surface area contributed by atoms with Gasteiger partial charge in [0.1, 0.15) is 5.82 Å². The van der Waals surface area contributed by atoms with E-state index in [-0.39, 0.29) is 17.5 Å². The molecule has 0 spiro atoms. The molecule has 0 bridgehead atoms. The van der Waals surface area contributed by atoms with Crippen LogP contribution >= 0.6 is 23.4 Å². The van der Waals surface area contributed by atoms with E-state index >= 15 is 0 Å². The topological polar surface area (TPSA) is 63.9 Å². The first kappa shape index (κ1) is 18.3. The van der Waals surface area contributed by atoms with E-state index in [4.69, 9.17) is 11.6 Å². The van der Waals surface area contributed by atoms with E-state index in [0.717, 1.165) is 11.3 Å². The normalized spacial score (nSPS) is 10.7. The van der Waals surface area contributed by atoms with Gasteiger partial charge in [0.2, 0.25) is 11.1 Å². The Morgan fingerprint density at radius 1 is 1.19 bits per heavy atom. The Morgan fingerprint density at radius 2 is 1.88 bits per heavy atom. The molecule has 0 aliphatic carbocycles. The van der Waals surface area contributed by atoms with Gasteiger partial charge in [-0.3, -0.25) is 4.79 Å². The van der Waals surface area contributed by atoms with Gasteiger partial charge in [-0.1, -0.05) is 35.5 Å². The van der Waals surface area contributed by atoms with Crippen LogP contribution in [0, 0.1) is 5.82 Å². The molecular formula is C17H15ClFN5OS. The SMILES string of the molecule is CN(Cc1ccc(F)cc1)C(=O)CSc1nnnn1-c1ccc(Cl)cc1. The van der Waals surface area contributed by atoms with E-state index in [1.54, 1.807) is 53.0 Å². The van der Waals surface area contributed by atoms with Gasteiger partial charge >= 0.3 is 0 Å². The maximum Gasteiger partial charge on any atom is 0.233 e. The maximum absolute atomic E-state index is 12.9. The Bertz CT molecular complexity index is 885. The standard InChI is InChI=1S/C17H15ClFN5OS/c1-23(10-12-2-6-14(19)7-3-12)16(25)11-26-17-20-21-22-24(17)15-8-4-13(18)5-9-15/h2-9H,10-11H2,1H3. The molecule has 3 aromatic rings. The first-order valence-corrected chi connectivity index (χ1v) is 9.05. The molecule has 0 saturated carbocycles. The summed E-state index contributed by atoms with van der Waals surface area (Å²) in [6.45, 7) is 0.405. The summed E-state index contributed by atoms with van der Waals surface area (Å²) in [5.74, 6) is -0.191. The molecular weight excluding hydrogens is 377 g/mol. The number of thioether (sulfide) groups is 1. The van der Waals surface area contributed by atoms with Crippen LogP contribution < -0.4 is 0 Å². The van der Waals surface area contributed by atoms with Crippen LogP contribution in [-0.4, -0.2) is 43.8 Å². The monoisotopic (exact) mass is 391 g/mol. The number of halogens is 2. The molecule has 0 N–H and O–H groups in total. The fourth-order valence-electron chi connectivity index (χ4n) is 2.20. The summed E-state index contributed by atoms with van der Waals surface area (Å²) < 4.78 is 14.5.